The normalized spacial score (nSPS) is 12.0. The number of hydrogen-bond acceptors (Lipinski definition) is 2. The van der Waals surface area contributed by atoms with Crippen molar-refractivity contribution in [1.29, 1.82) is 0 Å². The fraction of sp³-hybridized carbons (Fsp3) is 0.364. The molecule has 140 valence electrons. The lowest BCUT2D eigenvalue weighted by Crippen LogP contribution is -2.24. The minimum absolute atomic E-state index is 0.173. The van der Waals surface area contributed by atoms with Gasteiger partial charge in [-0.15, -0.1) is 6.58 Å². The molecule has 0 aliphatic heterocycles. The number of anilines is 1. The molecule has 1 unspecified atom stereocenters. The Kier molecular flexibility index (Phi) is 8.50. The van der Waals surface area contributed by atoms with Gasteiger partial charge in [0.05, 0.1) is 0 Å². The zero-order valence-electron chi connectivity index (χ0n) is 15.6. The summed E-state index contributed by atoms with van der Waals surface area (Å²) in [5.41, 5.74) is 3.64. The first-order valence-electron chi connectivity index (χ1n) is 9.08. The van der Waals surface area contributed by atoms with Crippen LogP contribution in [0, 0.1) is 6.92 Å². The molecule has 0 aromatic heterocycles. The predicted octanol–water partition coefficient (Wildman–Crippen LogP) is 6.43. The molecule has 0 amide bonds. The van der Waals surface area contributed by atoms with Crippen molar-refractivity contribution in [2.24, 2.45) is 0 Å². The van der Waals surface area contributed by atoms with Crippen LogP contribution in [0.15, 0.2) is 55.1 Å². The van der Waals surface area contributed by atoms with Crippen LogP contribution in [0.5, 0.6) is 0 Å². The van der Waals surface area contributed by atoms with E-state index in [1.807, 2.05) is 18.2 Å². The predicted molar refractivity (Wildman–Crippen MR) is 116 cm³/mol. The van der Waals surface area contributed by atoms with E-state index in [2.05, 4.69) is 55.0 Å². The fourth-order valence-corrected chi connectivity index (χ4v) is 3.56. The van der Waals surface area contributed by atoms with E-state index < -0.39 is 0 Å². The quantitative estimate of drug-likeness (QED) is 0.371. The Morgan fingerprint density at radius 3 is 2.65 bits per heavy atom. The van der Waals surface area contributed by atoms with Crippen LogP contribution < -0.4 is 10.2 Å². The first kappa shape index (κ1) is 20.8. The summed E-state index contributed by atoms with van der Waals surface area (Å²) in [5, 5.41) is 4.97. The number of benzene rings is 2. The van der Waals surface area contributed by atoms with Crippen molar-refractivity contribution >= 4 is 28.9 Å². The molecule has 26 heavy (non-hydrogen) atoms. The fourth-order valence-electron chi connectivity index (χ4n) is 3.02. The molecular weight excluding hydrogens is 363 g/mol. The summed E-state index contributed by atoms with van der Waals surface area (Å²) in [6.45, 7) is 7.98. The molecule has 0 spiro atoms. The number of unbranched alkanes of at least 4 members (excludes halogenated alkanes) is 1. The van der Waals surface area contributed by atoms with E-state index in [1.54, 1.807) is 6.07 Å². The second kappa shape index (κ2) is 10.6. The second-order valence-electron chi connectivity index (χ2n) is 6.66. The molecule has 0 saturated carbocycles. The lowest BCUT2D eigenvalue weighted by molar-refractivity contribution is 0.519. The highest BCUT2D eigenvalue weighted by molar-refractivity contribution is 6.35. The number of hydrogen-bond donors (Lipinski definition) is 1. The van der Waals surface area contributed by atoms with E-state index in [-0.39, 0.29) is 6.04 Å². The molecule has 2 rings (SSSR count). The summed E-state index contributed by atoms with van der Waals surface area (Å²) in [6, 6.07) is 14.5. The molecule has 2 aromatic carbocycles. The topological polar surface area (TPSA) is 15.3 Å². The van der Waals surface area contributed by atoms with Crippen molar-refractivity contribution in [3.63, 3.8) is 0 Å². The Bertz CT molecular complexity index is 715. The summed E-state index contributed by atoms with van der Waals surface area (Å²) in [6.07, 6.45) is 5.00. The van der Waals surface area contributed by atoms with Crippen molar-refractivity contribution in [1.82, 2.24) is 5.32 Å². The SMILES string of the molecule is C=CCC(NCCCCN(C)c1cccc(C)c1)c1ccc(Cl)cc1Cl. The van der Waals surface area contributed by atoms with E-state index in [0.717, 1.165) is 37.9 Å². The molecule has 0 aliphatic rings. The number of nitrogens with one attached hydrogen (secondary N) is 1. The molecule has 2 aromatic rings. The average molecular weight is 391 g/mol. The van der Waals surface area contributed by atoms with E-state index >= 15 is 0 Å². The van der Waals surface area contributed by atoms with E-state index in [1.165, 1.54) is 11.3 Å². The Balaban J connectivity index is 1.80. The van der Waals surface area contributed by atoms with Crippen LogP contribution in [0.2, 0.25) is 10.0 Å². The lowest BCUT2D eigenvalue weighted by atomic mass is 10.0. The van der Waals surface area contributed by atoms with Gasteiger partial charge in [0, 0.05) is 35.4 Å². The van der Waals surface area contributed by atoms with Crippen LogP contribution >= 0.6 is 23.2 Å². The average Bonchev–Trinajstić information content (AvgIpc) is 2.60. The van der Waals surface area contributed by atoms with Crippen molar-refractivity contribution in [3.8, 4) is 0 Å². The molecule has 0 radical (unpaired) electrons. The smallest absolute Gasteiger partial charge is 0.0468 e. The van der Waals surface area contributed by atoms with Gasteiger partial charge in [-0.05, 0) is 68.1 Å². The van der Waals surface area contributed by atoms with Gasteiger partial charge >= 0.3 is 0 Å². The standard InChI is InChI=1S/C22H28Cl2N2/c1-4-8-22(20-12-11-18(23)16-21(20)24)25-13-5-6-14-26(3)19-10-7-9-17(2)15-19/h4,7,9-12,15-16,22,25H,1,5-6,8,13-14H2,2-3H3. The summed E-state index contributed by atoms with van der Waals surface area (Å²) in [5.74, 6) is 0. The van der Waals surface area contributed by atoms with Crippen LogP contribution in [0.1, 0.15) is 36.4 Å². The van der Waals surface area contributed by atoms with Gasteiger partial charge in [-0.3, -0.25) is 0 Å². The first-order chi connectivity index (χ1) is 12.5. The number of aryl methyl sites for hydroxylation is 1. The molecule has 0 fully saturated rings. The molecule has 0 heterocycles. The van der Waals surface area contributed by atoms with Gasteiger partial charge in [-0.2, -0.15) is 0 Å². The number of halogens is 2. The highest BCUT2D eigenvalue weighted by Crippen LogP contribution is 2.28. The minimum Gasteiger partial charge on any atom is -0.375 e. The third-order valence-corrected chi connectivity index (χ3v) is 5.06. The third-order valence-electron chi connectivity index (χ3n) is 4.49. The summed E-state index contributed by atoms with van der Waals surface area (Å²) in [4.78, 5) is 2.31. The monoisotopic (exact) mass is 390 g/mol. The lowest BCUT2D eigenvalue weighted by Gasteiger charge is -2.21. The van der Waals surface area contributed by atoms with Gasteiger partial charge < -0.3 is 10.2 Å². The van der Waals surface area contributed by atoms with Gasteiger partial charge in [0.25, 0.3) is 0 Å². The van der Waals surface area contributed by atoms with E-state index in [9.17, 15) is 0 Å². The Morgan fingerprint density at radius 1 is 1.15 bits per heavy atom. The molecule has 1 N–H and O–H groups in total. The van der Waals surface area contributed by atoms with Gasteiger partial charge in [-0.1, -0.05) is 47.5 Å². The van der Waals surface area contributed by atoms with Crippen LogP contribution in [-0.4, -0.2) is 20.1 Å². The molecule has 0 bridgehead atoms. The summed E-state index contributed by atoms with van der Waals surface area (Å²) in [7, 11) is 2.15. The van der Waals surface area contributed by atoms with Gasteiger partial charge in [0.15, 0.2) is 0 Å². The van der Waals surface area contributed by atoms with Gasteiger partial charge in [0.2, 0.25) is 0 Å². The van der Waals surface area contributed by atoms with Crippen molar-refractivity contribution in [2.75, 3.05) is 25.0 Å². The maximum absolute atomic E-state index is 6.36. The maximum Gasteiger partial charge on any atom is 0.0468 e. The highest BCUT2D eigenvalue weighted by Gasteiger charge is 2.13. The van der Waals surface area contributed by atoms with E-state index in [4.69, 9.17) is 23.2 Å². The zero-order chi connectivity index (χ0) is 18.9. The molecule has 0 aliphatic carbocycles. The molecule has 0 saturated heterocycles. The van der Waals surface area contributed by atoms with Crippen molar-refractivity contribution in [3.05, 3.63) is 76.3 Å². The van der Waals surface area contributed by atoms with Crippen LogP contribution in [0.4, 0.5) is 5.69 Å². The molecule has 2 nitrogen and oxygen atoms in total. The Labute approximate surface area is 167 Å². The molecule has 1 atom stereocenters. The largest absolute Gasteiger partial charge is 0.375 e. The summed E-state index contributed by atoms with van der Waals surface area (Å²) < 4.78 is 0. The van der Waals surface area contributed by atoms with Crippen LogP contribution in [0.3, 0.4) is 0 Å². The van der Waals surface area contributed by atoms with E-state index in [0.29, 0.717) is 10.0 Å². The van der Waals surface area contributed by atoms with Crippen molar-refractivity contribution < 1.29 is 0 Å². The number of rotatable bonds is 10. The zero-order valence-corrected chi connectivity index (χ0v) is 17.2. The van der Waals surface area contributed by atoms with Crippen molar-refractivity contribution in [2.45, 2.75) is 32.2 Å². The highest BCUT2D eigenvalue weighted by atomic mass is 35.5. The number of nitrogens with zero attached hydrogens (tertiary/aromatic N) is 1. The van der Waals surface area contributed by atoms with Gasteiger partial charge in [-0.25, -0.2) is 0 Å². The second-order valence-corrected chi connectivity index (χ2v) is 7.51. The molecular formula is C22H28Cl2N2. The van der Waals surface area contributed by atoms with Gasteiger partial charge in [0.1, 0.15) is 0 Å². The minimum atomic E-state index is 0.173. The first-order valence-corrected chi connectivity index (χ1v) is 9.84. The van der Waals surface area contributed by atoms with Crippen LogP contribution in [-0.2, 0) is 0 Å². The maximum atomic E-state index is 6.36. The van der Waals surface area contributed by atoms with Crippen LogP contribution in [0.25, 0.3) is 0 Å². The Morgan fingerprint density at radius 2 is 1.96 bits per heavy atom. The Hall–Kier alpha value is -1.48. The molecule has 4 heteroatoms. The summed E-state index contributed by atoms with van der Waals surface area (Å²) >= 11 is 12.4. The third kappa shape index (κ3) is 6.35.